The number of carbonyl (C=O) groups is 2. The molecular formula is C23H21F5N4O3. The first-order chi connectivity index (χ1) is 16.5. The van der Waals surface area contributed by atoms with Crippen molar-refractivity contribution in [1.82, 2.24) is 9.55 Å². The molecule has 0 aliphatic rings. The molecule has 0 fully saturated rings. The van der Waals surface area contributed by atoms with Crippen LogP contribution in [-0.2, 0) is 10.9 Å². The average Bonchev–Trinajstić information content (AvgIpc) is 3.24. The summed E-state index contributed by atoms with van der Waals surface area (Å²) >= 11 is 0. The second-order valence-corrected chi connectivity index (χ2v) is 7.54. The second-order valence-electron chi connectivity index (χ2n) is 7.54. The number of carbonyl (C=O) groups excluding carboxylic acids is 2. The monoisotopic (exact) mass is 496 g/mol. The van der Waals surface area contributed by atoms with Crippen LogP contribution in [-0.4, -0.2) is 28.2 Å². The van der Waals surface area contributed by atoms with Gasteiger partial charge in [0.15, 0.2) is 5.82 Å². The first-order valence-corrected chi connectivity index (χ1v) is 10.5. The number of aromatic nitrogens is 2. The maximum atomic E-state index is 14.9. The van der Waals surface area contributed by atoms with Gasteiger partial charge in [-0.3, -0.25) is 10.1 Å². The topological polar surface area (TPSA) is 85.3 Å². The summed E-state index contributed by atoms with van der Waals surface area (Å²) in [6, 6.07) is 4.27. The van der Waals surface area contributed by atoms with Gasteiger partial charge in [0.1, 0.15) is 11.5 Å². The van der Waals surface area contributed by atoms with Crippen molar-refractivity contribution in [2.24, 2.45) is 0 Å². The molecule has 0 aliphatic carbocycles. The minimum atomic E-state index is -4.77. The predicted octanol–water partition coefficient (Wildman–Crippen LogP) is 6.08. The number of alkyl halides is 3. The van der Waals surface area contributed by atoms with Crippen LogP contribution in [0.5, 0.6) is 0 Å². The zero-order chi connectivity index (χ0) is 25.8. The maximum Gasteiger partial charge on any atom is 0.416 e. The summed E-state index contributed by atoms with van der Waals surface area (Å²) in [6.07, 6.45) is -1.84. The number of hydrogen-bond acceptors (Lipinski definition) is 4. The van der Waals surface area contributed by atoms with Gasteiger partial charge in [0, 0.05) is 17.4 Å². The third-order valence-electron chi connectivity index (χ3n) is 4.81. The van der Waals surface area contributed by atoms with Crippen molar-refractivity contribution in [2.75, 3.05) is 17.2 Å². The molecule has 3 rings (SSSR count). The van der Waals surface area contributed by atoms with E-state index in [0.717, 1.165) is 30.7 Å². The Labute approximate surface area is 196 Å². The Morgan fingerprint density at radius 1 is 1.11 bits per heavy atom. The van der Waals surface area contributed by atoms with Gasteiger partial charge in [-0.15, -0.1) is 0 Å². The Kier molecular flexibility index (Phi) is 7.72. The highest BCUT2D eigenvalue weighted by atomic mass is 19.4. The van der Waals surface area contributed by atoms with Crippen LogP contribution in [0.2, 0.25) is 0 Å². The van der Waals surface area contributed by atoms with Crippen LogP contribution in [0.15, 0.2) is 42.9 Å². The molecule has 0 aliphatic heterocycles. The number of unbranched alkanes of at least 4 members (excludes halogenated alkanes) is 1. The Hall–Kier alpha value is -3.96. The Balaban J connectivity index is 1.90. The molecule has 1 heterocycles. The molecule has 0 spiro atoms. The van der Waals surface area contributed by atoms with E-state index in [-0.39, 0.29) is 12.3 Å². The number of imidazole rings is 1. The molecule has 3 aromatic rings. The summed E-state index contributed by atoms with van der Waals surface area (Å²) < 4.78 is 75.4. The number of anilines is 2. The first-order valence-electron chi connectivity index (χ1n) is 10.5. The number of nitrogens with zero attached hydrogens (tertiary/aromatic N) is 2. The first kappa shape index (κ1) is 25.7. The molecule has 2 amide bonds. The van der Waals surface area contributed by atoms with Gasteiger partial charge in [-0.2, -0.15) is 13.2 Å². The maximum absolute atomic E-state index is 14.9. The van der Waals surface area contributed by atoms with Gasteiger partial charge < -0.3 is 14.6 Å². The van der Waals surface area contributed by atoms with Gasteiger partial charge in [0.2, 0.25) is 0 Å². The van der Waals surface area contributed by atoms with Gasteiger partial charge in [-0.25, -0.2) is 18.6 Å². The average molecular weight is 496 g/mol. The number of nitrogens with one attached hydrogen (secondary N) is 2. The van der Waals surface area contributed by atoms with E-state index in [1.165, 1.54) is 17.1 Å². The Bertz CT molecular complexity index is 1240. The highest BCUT2D eigenvalue weighted by Crippen LogP contribution is 2.32. The summed E-state index contributed by atoms with van der Waals surface area (Å²) in [4.78, 5) is 28.5. The van der Waals surface area contributed by atoms with E-state index >= 15 is 0 Å². The van der Waals surface area contributed by atoms with Crippen molar-refractivity contribution in [2.45, 2.75) is 32.9 Å². The molecule has 0 bridgehead atoms. The third kappa shape index (κ3) is 6.34. The quantitative estimate of drug-likeness (QED) is 0.307. The van der Waals surface area contributed by atoms with Gasteiger partial charge in [-0.05, 0) is 43.7 Å². The lowest BCUT2D eigenvalue weighted by molar-refractivity contribution is -0.137. The highest BCUT2D eigenvalue weighted by Gasteiger charge is 2.32. The van der Waals surface area contributed by atoms with E-state index in [9.17, 15) is 31.5 Å². The standard InChI is InChI=1S/C23H21F5N4O3/c1-3-4-7-35-22(34)31-20-17(24)5-6-18(19(20)25)30-21(33)14-8-15(23(26,27)28)10-16(9-14)32-11-13(2)29-12-32/h5-6,8-12H,3-4,7H2,1-2H3,(H,30,33)(H,31,34). The van der Waals surface area contributed by atoms with E-state index in [2.05, 4.69) is 10.3 Å². The van der Waals surface area contributed by atoms with E-state index in [1.807, 2.05) is 12.2 Å². The molecule has 2 aromatic carbocycles. The van der Waals surface area contributed by atoms with Crippen LogP contribution in [0.3, 0.4) is 0 Å². The van der Waals surface area contributed by atoms with E-state index in [0.29, 0.717) is 18.2 Å². The van der Waals surface area contributed by atoms with Gasteiger partial charge in [0.05, 0.1) is 29.9 Å². The molecule has 1 aromatic heterocycles. The van der Waals surface area contributed by atoms with Crippen molar-refractivity contribution in [3.8, 4) is 5.69 Å². The fourth-order valence-corrected chi connectivity index (χ4v) is 3.02. The van der Waals surface area contributed by atoms with E-state index < -0.39 is 52.3 Å². The fraction of sp³-hybridized carbons (Fsp3) is 0.261. The Morgan fingerprint density at radius 2 is 1.86 bits per heavy atom. The van der Waals surface area contributed by atoms with Crippen molar-refractivity contribution in [1.29, 1.82) is 0 Å². The van der Waals surface area contributed by atoms with Crippen LogP contribution in [0.25, 0.3) is 5.69 Å². The lowest BCUT2D eigenvalue weighted by Gasteiger charge is -2.14. The van der Waals surface area contributed by atoms with Crippen molar-refractivity contribution in [3.05, 3.63) is 71.3 Å². The van der Waals surface area contributed by atoms with Crippen LogP contribution in [0, 0.1) is 18.6 Å². The summed E-state index contributed by atoms with van der Waals surface area (Å²) in [5.74, 6) is -3.55. The van der Waals surface area contributed by atoms with Crippen molar-refractivity contribution >= 4 is 23.4 Å². The Morgan fingerprint density at radius 3 is 2.49 bits per heavy atom. The number of halogens is 5. The fourth-order valence-electron chi connectivity index (χ4n) is 3.02. The number of ether oxygens (including phenoxy) is 1. The minimum absolute atomic E-state index is 0.00216. The molecule has 0 atom stereocenters. The minimum Gasteiger partial charge on any atom is -0.449 e. The van der Waals surface area contributed by atoms with Gasteiger partial charge >= 0.3 is 12.3 Å². The lowest BCUT2D eigenvalue weighted by Crippen LogP contribution is -2.19. The number of rotatable bonds is 7. The van der Waals surface area contributed by atoms with Crippen LogP contribution < -0.4 is 10.6 Å². The molecular weight excluding hydrogens is 475 g/mol. The number of benzene rings is 2. The summed E-state index contributed by atoms with van der Waals surface area (Å²) in [6.45, 7) is 3.53. The molecule has 186 valence electrons. The molecule has 0 unspecified atom stereocenters. The zero-order valence-electron chi connectivity index (χ0n) is 18.7. The molecule has 0 saturated carbocycles. The lowest BCUT2D eigenvalue weighted by atomic mass is 10.1. The zero-order valence-corrected chi connectivity index (χ0v) is 18.7. The molecule has 0 radical (unpaired) electrons. The third-order valence-corrected chi connectivity index (χ3v) is 4.81. The summed E-state index contributed by atoms with van der Waals surface area (Å²) in [5.41, 5.74) is -2.43. The number of amides is 2. The molecule has 12 heteroatoms. The van der Waals surface area contributed by atoms with Crippen LogP contribution in [0.1, 0.15) is 41.4 Å². The normalized spacial score (nSPS) is 11.3. The molecule has 35 heavy (non-hydrogen) atoms. The number of aryl methyl sites for hydroxylation is 1. The molecule has 0 saturated heterocycles. The highest BCUT2D eigenvalue weighted by molar-refractivity contribution is 6.05. The largest absolute Gasteiger partial charge is 0.449 e. The molecule has 7 nitrogen and oxygen atoms in total. The van der Waals surface area contributed by atoms with E-state index in [1.54, 1.807) is 6.92 Å². The second kappa shape index (κ2) is 10.5. The summed E-state index contributed by atoms with van der Waals surface area (Å²) in [7, 11) is 0. The smallest absolute Gasteiger partial charge is 0.416 e. The van der Waals surface area contributed by atoms with Crippen molar-refractivity contribution in [3.63, 3.8) is 0 Å². The van der Waals surface area contributed by atoms with Gasteiger partial charge in [0.25, 0.3) is 5.91 Å². The van der Waals surface area contributed by atoms with Crippen LogP contribution in [0.4, 0.5) is 38.1 Å². The van der Waals surface area contributed by atoms with Gasteiger partial charge in [-0.1, -0.05) is 13.3 Å². The molecule has 2 N–H and O–H groups in total. The van der Waals surface area contributed by atoms with Crippen LogP contribution >= 0.6 is 0 Å². The summed E-state index contributed by atoms with van der Waals surface area (Å²) in [5, 5.41) is 4.05. The van der Waals surface area contributed by atoms with E-state index in [4.69, 9.17) is 4.74 Å². The number of hydrogen-bond donors (Lipinski definition) is 2. The predicted molar refractivity (Wildman–Crippen MR) is 117 cm³/mol. The van der Waals surface area contributed by atoms with Crippen molar-refractivity contribution < 1.29 is 36.3 Å². The SMILES string of the molecule is CCCCOC(=O)Nc1c(F)ccc(NC(=O)c2cc(-n3cnc(C)c3)cc(C(F)(F)F)c2)c1F.